The molecule has 0 unspecified atom stereocenters. The minimum absolute atomic E-state index is 0.497. The maximum atomic E-state index is 5.42. The van der Waals surface area contributed by atoms with Crippen molar-refractivity contribution in [3.05, 3.63) is 60.7 Å². The van der Waals surface area contributed by atoms with Gasteiger partial charge in [0.05, 0.1) is 6.04 Å². The van der Waals surface area contributed by atoms with E-state index in [0.717, 1.165) is 0 Å². The van der Waals surface area contributed by atoms with Crippen molar-refractivity contribution in [3.8, 4) is 0 Å². The SMILES string of the molecule is c1ccc(P(/C(=N\C2CCCCC2)NC2CCCCC2)c2ccccc2)cc1. The van der Waals surface area contributed by atoms with Crippen LogP contribution in [0.5, 0.6) is 0 Å². The number of hydrogen-bond donors (Lipinski definition) is 1. The van der Waals surface area contributed by atoms with Crippen LogP contribution in [0.15, 0.2) is 65.7 Å². The van der Waals surface area contributed by atoms with Crippen molar-refractivity contribution in [1.82, 2.24) is 5.32 Å². The molecule has 0 spiro atoms. The summed E-state index contributed by atoms with van der Waals surface area (Å²) in [5, 5.41) is 6.79. The number of hydrogen-bond acceptors (Lipinski definition) is 1. The first kappa shape index (κ1) is 19.6. The van der Waals surface area contributed by atoms with Crippen LogP contribution < -0.4 is 15.9 Å². The smallest absolute Gasteiger partial charge is 0.129 e. The molecule has 2 aliphatic carbocycles. The Morgan fingerprint density at radius 3 is 1.71 bits per heavy atom. The fourth-order valence-electron chi connectivity index (χ4n) is 4.52. The Balaban J connectivity index is 1.70. The minimum Gasteiger partial charge on any atom is -0.367 e. The van der Waals surface area contributed by atoms with E-state index >= 15 is 0 Å². The van der Waals surface area contributed by atoms with E-state index in [0.29, 0.717) is 12.1 Å². The number of benzene rings is 2. The second kappa shape index (κ2) is 10.2. The standard InChI is InChI=1S/C25H33N2P/c1-5-13-21(14-6-1)26-25(27-22-15-7-2-8-16-22)28(23-17-9-3-10-18-23)24-19-11-4-12-20-24/h3-4,9-12,17-22H,1-2,5-8,13-16H2,(H,26,27). The van der Waals surface area contributed by atoms with Gasteiger partial charge in [-0.3, -0.25) is 4.99 Å². The minimum atomic E-state index is -0.625. The van der Waals surface area contributed by atoms with Crippen molar-refractivity contribution in [2.75, 3.05) is 0 Å². The first-order chi connectivity index (χ1) is 13.9. The van der Waals surface area contributed by atoms with Crippen LogP contribution in [0.25, 0.3) is 0 Å². The Hall–Kier alpha value is -1.66. The van der Waals surface area contributed by atoms with Crippen molar-refractivity contribution in [2.24, 2.45) is 4.99 Å². The zero-order chi connectivity index (χ0) is 19.0. The molecule has 0 aliphatic heterocycles. The molecule has 0 radical (unpaired) electrons. The second-order valence-electron chi connectivity index (χ2n) is 8.23. The normalized spacial score (nSPS) is 19.7. The molecule has 28 heavy (non-hydrogen) atoms. The van der Waals surface area contributed by atoms with Crippen molar-refractivity contribution >= 4 is 24.1 Å². The Morgan fingerprint density at radius 2 is 1.18 bits per heavy atom. The molecule has 2 saturated carbocycles. The zero-order valence-corrected chi connectivity index (χ0v) is 17.8. The van der Waals surface area contributed by atoms with Gasteiger partial charge in [-0.2, -0.15) is 0 Å². The summed E-state index contributed by atoms with van der Waals surface area (Å²) in [6, 6.07) is 23.2. The molecule has 2 aliphatic rings. The van der Waals surface area contributed by atoms with E-state index < -0.39 is 7.92 Å². The average Bonchev–Trinajstić information content (AvgIpc) is 2.77. The third-order valence-corrected chi connectivity index (χ3v) is 8.36. The molecule has 0 heterocycles. The molecule has 2 aromatic carbocycles. The highest BCUT2D eigenvalue weighted by Gasteiger charge is 2.25. The highest BCUT2D eigenvalue weighted by atomic mass is 31.1. The van der Waals surface area contributed by atoms with Crippen LogP contribution in [0, 0.1) is 0 Å². The highest BCUT2D eigenvalue weighted by Crippen LogP contribution is 2.37. The number of rotatable bonds is 5. The largest absolute Gasteiger partial charge is 0.367 e. The zero-order valence-electron chi connectivity index (χ0n) is 16.9. The van der Waals surface area contributed by atoms with Gasteiger partial charge >= 0.3 is 0 Å². The molecule has 148 valence electrons. The van der Waals surface area contributed by atoms with Gasteiger partial charge in [0.2, 0.25) is 0 Å². The van der Waals surface area contributed by atoms with E-state index in [2.05, 4.69) is 66.0 Å². The summed E-state index contributed by atoms with van der Waals surface area (Å²) in [6.45, 7) is 0. The molecular weight excluding hydrogens is 359 g/mol. The van der Waals surface area contributed by atoms with Gasteiger partial charge in [-0.25, -0.2) is 0 Å². The Labute approximate surface area is 171 Å². The van der Waals surface area contributed by atoms with E-state index in [1.165, 1.54) is 80.4 Å². The Kier molecular flexibility index (Phi) is 7.17. The number of aliphatic imine (C=N–C) groups is 1. The van der Waals surface area contributed by atoms with Crippen molar-refractivity contribution in [3.63, 3.8) is 0 Å². The molecule has 0 bridgehead atoms. The lowest BCUT2D eigenvalue weighted by molar-refractivity contribution is 0.410. The van der Waals surface area contributed by atoms with Gasteiger partial charge in [0.1, 0.15) is 5.58 Å². The average molecular weight is 393 g/mol. The number of nitrogens with zero attached hydrogens (tertiary/aromatic N) is 1. The lowest BCUT2D eigenvalue weighted by Gasteiger charge is -2.30. The van der Waals surface area contributed by atoms with Gasteiger partial charge in [0.15, 0.2) is 0 Å². The van der Waals surface area contributed by atoms with Crippen molar-refractivity contribution in [2.45, 2.75) is 76.3 Å². The van der Waals surface area contributed by atoms with Crippen LogP contribution in [0.3, 0.4) is 0 Å². The molecule has 0 saturated heterocycles. The maximum absolute atomic E-state index is 5.42. The fourth-order valence-corrected chi connectivity index (χ4v) is 6.84. The molecule has 3 heteroatoms. The summed E-state index contributed by atoms with van der Waals surface area (Å²) >= 11 is 0. The predicted octanol–water partition coefficient (Wildman–Crippen LogP) is 5.73. The van der Waals surface area contributed by atoms with Gasteiger partial charge in [0.25, 0.3) is 0 Å². The molecule has 0 amide bonds. The monoisotopic (exact) mass is 392 g/mol. The maximum Gasteiger partial charge on any atom is 0.129 e. The first-order valence-corrected chi connectivity index (χ1v) is 12.5. The fraction of sp³-hybridized carbons (Fsp3) is 0.480. The van der Waals surface area contributed by atoms with Gasteiger partial charge in [-0.1, -0.05) is 99.2 Å². The van der Waals surface area contributed by atoms with E-state index in [9.17, 15) is 0 Å². The molecule has 2 fully saturated rings. The van der Waals surface area contributed by atoms with E-state index in [1.54, 1.807) is 0 Å². The number of amidine groups is 1. The summed E-state index contributed by atoms with van der Waals surface area (Å²) in [5.41, 5.74) is 1.27. The first-order valence-electron chi connectivity index (χ1n) is 11.1. The second-order valence-corrected chi connectivity index (χ2v) is 10.4. The quantitative estimate of drug-likeness (QED) is 0.392. The summed E-state index contributed by atoms with van der Waals surface area (Å²) < 4.78 is 0. The van der Waals surface area contributed by atoms with Crippen molar-refractivity contribution < 1.29 is 0 Å². The van der Waals surface area contributed by atoms with Crippen LogP contribution in [0.2, 0.25) is 0 Å². The lowest BCUT2D eigenvalue weighted by atomic mass is 9.95. The number of nitrogens with one attached hydrogen (secondary N) is 1. The molecule has 4 rings (SSSR count). The topological polar surface area (TPSA) is 24.4 Å². The van der Waals surface area contributed by atoms with Crippen LogP contribution in [-0.4, -0.2) is 17.7 Å². The van der Waals surface area contributed by atoms with E-state index in [-0.39, 0.29) is 0 Å². The Morgan fingerprint density at radius 1 is 0.679 bits per heavy atom. The lowest BCUT2D eigenvalue weighted by Crippen LogP contribution is -2.39. The van der Waals surface area contributed by atoms with Crippen LogP contribution >= 0.6 is 7.92 Å². The third-order valence-electron chi connectivity index (χ3n) is 6.06. The summed E-state index contributed by atoms with van der Waals surface area (Å²) in [5.74, 6) is 0. The van der Waals surface area contributed by atoms with Crippen LogP contribution in [0.1, 0.15) is 64.2 Å². The molecule has 2 nitrogen and oxygen atoms in total. The summed E-state index contributed by atoms with van der Waals surface area (Å²) in [6.07, 6.45) is 13.2. The molecule has 2 aromatic rings. The van der Waals surface area contributed by atoms with Gasteiger partial charge < -0.3 is 5.32 Å². The molecule has 0 atom stereocenters. The third kappa shape index (κ3) is 5.23. The Bertz CT molecular complexity index is 692. The molecular formula is C25H33N2P. The van der Waals surface area contributed by atoms with Gasteiger partial charge in [-0.05, 0) is 36.3 Å². The van der Waals surface area contributed by atoms with E-state index in [4.69, 9.17) is 4.99 Å². The summed E-state index contributed by atoms with van der Waals surface area (Å²) in [7, 11) is -0.625. The molecule has 0 aromatic heterocycles. The summed E-state index contributed by atoms with van der Waals surface area (Å²) in [4.78, 5) is 5.42. The van der Waals surface area contributed by atoms with Crippen LogP contribution in [-0.2, 0) is 0 Å². The molecule has 1 N–H and O–H groups in total. The predicted molar refractivity (Wildman–Crippen MR) is 123 cm³/mol. The highest BCUT2D eigenvalue weighted by molar-refractivity contribution is 7.88. The van der Waals surface area contributed by atoms with Crippen LogP contribution in [0.4, 0.5) is 0 Å². The van der Waals surface area contributed by atoms with Crippen molar-refractivity contribution in [1.29, 1.82) is 0 Å². The van der Waals surface area contributed by atoms with E-state index in [1.807, 2.05) is 0 Å². The van der Waals surface area contributed by atoms with Gasteiger partial charge in [0, 0.05) is 14.0 Å². The van der Waals surface area contributed by atoms with Gasteiger partial charge in [-0.15, -0.1) is 0 Å².